The van der Waals surface area contributed by atoms with Gasteiger partial charge in [-0.3, -0.25) is 19.8 Å². The Morgan fingerprint density at radius 1 is 1.06 bits per heavy atom. The van der Waals surface area contributed by atoms with Crippen LogP contribution in [0.1, 0.15) is 22.3 Å². The number of ether oxygens (including phenoxy) is 2. The largest absolute Gasteiger partial charge is 0.493 e. The summed E-state index contributed by atoms with van der Waals surface area (Å²) >= 11 is 6.76. The van der Waals surface area contributed by atoms with E-state index in [0.717, 1.165) is 27.9 Å². The Hall–Kier alpha value is -3.69. The first kappa shape index (κ1) is 24.4. The first-order valence-corrected chi connectivity index (χ1v) is 11.9. The minimum absolute atomic E-state index is 0.0265. The number of thiocarbonyl (C=S) groups is 1. The van der Waals surface area contributed by atoms with E-state index in [2.05, 4.69) is 0 Å². The van der Waals surface area contributed by atoms with Crippen molar-refractivity contribution in [2.45, 2.75) is 20.5 Å². The Kier molecular flexibility index (Phi) is 7.18. The van der Waals surface area contributed by atoms with Crippen LogP contribution in [0.15, 0.2) is 65.6 Å². The third-order valence-electron chi connectivity index (χ3n) is 5.41. The van der Waals surface area contributed by atoms with Gasteiger partial charge in [-0.25, -0.2) is 0 Å². The lowest BCUT2D eigenvalue weighted by Gasteiger charge is -2.17. The number of nitrogens with zero attached hydrogens (tertiary/aromatic N) is 2. The van der Waals surface area contributed by atoms with Crippen LogP contribution in [0.25, 0.3) is 6.08 Å². The first-order chi connectivity index (χ1) is 16.8. The molecule has 1 saturated heterocycles. The number of benzene rings is 3. The molecule has 1 heterocycles. The summed E-state index contributed by atoms with van der Waals surface area (Å²) in [4.78, 5) is 25.6. The van der Waals surface area contributed by atoms with Gasteiger partial charge in [0.25, 0.3) is 11.6 Å². The Morgan fingerprint density at radius 3 is 2.46 bits per heavy atom. The lowest BCUT2D eigenvalue weighted by Crippen LogP contribution is -2.28. The number of nitro groups is 1. The maximum atomic E-state index is 13.2. The molecule has 4 rings (SSSR count). The average Bonchev–Trinajstić information content (AvgIpc) is 3.11. The second-order valence-electron chi connectivity index (χ2n) is 7.93. The summed E-state index contributed by atoms with van der Waals surface area (Å²) in [5.41, 5.74) is 4.48. The van der Waals surface area contributed by atoms with Gasteiger partial charge >= 0.3 is 0 Å². The van der Waals surface area contributed by atoms with Crippen molar-refractivity contribution >= 4 is 51.7 Å². The number of non-ortho nitro benzene ring substituents is 1. The maximum Gasteiger partial charge on any atom is 0.270 e. The molecule has 1 fully saturated rings. The van der Waals surface area contributed by atoms with Crippen molar-refractivity contribution < 1.29 is 19.2 Å². The van der Waals surface area contributed by atoms with Crippen molar-refractivity contribution in [3.8, 4) is 11.5 Å². The molecule has 0 spiro atoms. The lowest BCUT2D eigenvalue weighted by molar-refractivity contribution is -0.384. The molecule has 0 bridgehead atoms. The number of carbonyl (C=O) groups is 1. The molecule has 0 N–H and O–H groups in total. The Labute approximate surface area is 212 Å². The van der Waals surface area contributed by atoms with Crippen LogP contribution in [0.3, 0.4) is 0 Å². The third kappa shape index (κ3) is 5.36. The van der Waals surface area contributed by atoms with Gasteiger partial charge in [0.2, 0.25) is 0 Å². The van der Waals surface area contributed by atoms with Crippen LogP contribution in [0.2, 0.25) is 0 Å². The van der Waals surface area contributed by atoms with E-state index in [9.17, 15) is 14.9 Å². The summed E-state index contributed by atoms with van der Waals surface area (Å²) in [6.07, 6.45) is 1.78. The molecule has 0 unspecified atom stereocenters. The SMILES string of the molecule is COc1cc(/C=C2\SC(=S)N(c3ccc(C)cc3C)C2=O)ccc1OCc1ccc([N+](=O)[O-])cc1. The fraction of sp³-hybridized carbons (Fsp3) is 0.154. The summed E-state index contributed by atoms with van der Waals surface area (Å²) in [5.74, 6) is 0.862. The normalized spacial score (nSPS) is 14.5. The highest BCUT2D eigenvalue weighted by Gasteiger charge is 2.34. The van der Waals surface area contributed by atoms with Gasteiger partial charge in [-0.05, 0) is 66.9 Å². The summed E-state index contributed by atoms with van der Waals surface area (Å²) in [6.45, 7) is 4.20. The number of nitro benzene ring substituents is 1. The van der Waals surface area contributed by atoms with Gasteiger partial charge in [-0.1, -0.05) is 47.7 Å². The van der Waals surface area contributed by atoms with Crippen molar-refractivity contribution in [2.75, 3.05) is 12.0 Å². The van der Waals surface area contributed by atoms with E-state index in [0.29, 0.717) is 20.7 Å². The summed E-state index contributed by atoms with van der Waals surface area (Å²) in [6, 6.07) is 17.5. The van der Waals surface area contributed by atoms with Crippen molar-refractivity contribution in [1.29, 1.82) is 0 Å². The molecule has 178 valence electrons. The van der Waals surface area contributed by atoms with Crippen LogP contribution < -0.4 is 14.4 Å². The maximum absolute atomic E-state index is 13.2. The molecular weight excluding hydrogens is 484 g/mol. The van der Waals surface area contributed by atoms with Crippen molar-refractivity contribution in [1.82, 2.24) is 0 Å². The van der Waals surface area contributed by atoms with Gasteiger partial charge in [-0.2, -0.15) is 0 Å². The highest BCUT2D eigenvalue weighted by molar-refractivity contribution is 8.27. The Bertz CT molecular complexity index is 1350. The molecule has 0 aromatic heterocycles. The van der Waals surface area contributed by atoms with Crippen molar-refractivity contribution in [2.24, 2.45) is 0 Å². The van der Waals surface area contributed by atoms with E-state index in [1.54, 1.807) is 35.2 Å². The number of rotatable bonds is 7. The van der Waals surface area contributed by atoms with Gasteiger partial charge in [-0.15, -0.1) is 0 Å². The fourth-order valence-corrected chi connectivity index (χ4v) is 4.94. The molecule has 1 aliphatic rings. The molecule has 9 heteroatoms. The molecule has 1 aliphatic heterocycles. The van der Waals surface area contributed by atoms with Crippen LogP contribution in [-0.2, 0) is 11.4 Å². The third-order valence-corrected chi connectivity index (χ3v) is 6.72. The Morgan fingerprint density at radius 2 is 1.80 bits per heavy atom. The topological polar surface area (TPSA) is 81.9 Å². The van der Waals surface area contributed by atoms with Crippen LogP contribution >= 0.6 is 24.0 Å². The molecule has 3 aromatic rings. The minimum atomic E-state index is -0.442. The van der Waals surface area contributed by atoms with Crippen molar-refractivity contribution in [3.63, 3.8) is 0 Å². The smallest absolute Gasteiger partial charge is 0.270 e. The zero-order valence-corrected chi connectivity index (χ0v) is 20.9. The average molecular weight is 507 g/mol. The van der Waals surface area contributed by atoms with Gasteiger partial charge < -0.3 is 9.47 Å². The lowest BCUT2D eigenvalue weighted by atomic mass is 10.1. The number of methoxy groups -OCH3 is 1. The van der Waals surface area contributed by atoms with Gasteiger partial charge in [0.15, 0.2) is 15.8 Å². The quantitative estimate of drug-likeness (QED) is 0.163. The summed E-state index contributed by atoms with van der Waals surface area (Å²) < 4.78 is 11.8. The van der Waals surface area contributed by atoms with E-state index < -0.39 is 4.92 Å². The highest BCUT2D eigenvalue weighted by Crippen LogP contribution is 2.38. The summed E-state index contributed by atoms with van der Waals surface area (Å²) in [5, 5.41) is 10.8. The number of anilines is 1. The standard InChI is InChI=1S/C26H22N2O5S2/c1-16-4-10-21(17(2)12-16)27-25(29)24(35-26(27)34)14-19-7-11-22(23(13-19)32-3)33-15-18-5-8-20(9-6-18)28(30)31/h4-14H,15H2,1-3H3/b24-14-. The van der Waals surface area contributed by atoms with E-state index in [1.165, 1.54) is 31.0 Å². The van der Waals surface area contributed by atoms with Gasteiger partial charge in [0, 0.05) is 12.1 Å². The number of hydrogen-bond acceptors (Lipinski definition) is 7. The van der Waals surface area contributed by atoms with Crippen LogP contribution in [0, 0.1) is 24.0 Å². The predicted molar refractivity (Wildman–Crippen MR) is 142 cm³/mol. The van der Waals surface area contributed by atoms with E-state index >= 15 is 0 Å². The molecule has 7 nitrogen and oxygen atoms in total. The molecule has 0 aliphatic carbocycles. The van der Waals surface area contributed by atoms with E-state index in [1.807, 2.05) is 38.1 Å². The van der Waals surface area contributed by atoms with Crippen LogP contribution in [-0.4, -0.2) is 22.3 Å². The minimum Gasteiger partial charge on any atom is -0.493 e. The van der Waals surface area contributed by atoms with E-state index in [-0.39, 0.29) is 18.2 Å². The number of carbonyl (C=O) groups excluding carboxylic acids is 1. The second kappa shape index (κ2) is 10.3. The molecule has 35 heavy (non-hydrogen) atoms. The van der Waals surface area contributed by atoms with Crippen LogP contribution in [0.4, 0.5) is 11.4 Å². The van der Waals surface area contributed by atoms with Gasteiger partial charge in [0.05, 0.1) is 22.6 Å². The number of amides is 1. The molecule has 0 radical (unpaired) electrons. The predicted octanol–water partition coefficient (Wildman–Crippen LogP) is 6.21. The zero-order chi connectivity index (χ0) is 25.1. The Balaban J connectivity index is 1.51. The molecule has 0 atom stereocenters. The number of thioether (sulfide) groups is 1. The highest BCUT2D eigenvalue weighted by atomic mass is 32.2. The fourth-order valence-electron chi connectivity index (χ4n) is 3.65. The molecule has 3 aromatic carbocycles. The summed E-state index contributed by atoms with van der Waals surface area (Å²) in [7, 11) is 1.54. The molecular formula is C26H22N2O5S2. The first-order valence-electron chi connectivity index (χ1n) is 10.7. The van der Waals surface area contributed by atoms with Crippen LogP contribution in [0.5, 0.6) is 11.5 Å². The molecule has 1 amide bonds. The second-order valence-corrected chi connectivity index (χ2v) is 9.61. The number of hydrogen-bond donors (Lipinski definition) is 0. The van der Waals surface area contributed by atoms with Gasteiger partial charge in [0.1, 0.15) is 6.61 Å². The van der Waals surface area contributed by atoms with Crippen molar-refractivity contribution in [3.05, 3.63) is 97.9 Å². The number of aryl methyl sites for hydroxylation is 2. The van der Waals surface area contributed by atoms with E-state index in [4.69, 9.17) is 21.7 Å². The monoisotopic (exact) mass is 506 g/mol. The zero-order valence-electron chi connectivity index (χ0n) is 19.3. The molecule has 0 saturated carbocycles.